The highest BCUT2D eigenvalue weighted by Crippen LogP contribution is 2.36. The number of hydrogen-bond acceptors (Lipinski definition) is 2. The van der Waals surface area contributed by atoms with Crippen LogP contribution in [0.15, 0.2) is 90.0 Å². The zero-order chi connectivity index (χ0) is 21.2. The monoisotopic (exact) mass is 407 g/mol. The van der Waals surface area contributed by atoms with Gasteiger partial charge in [-0.15, -0.1) is 0 Å². The zero-order valence-electron chi connectivity index (χ0n) is 18.3. The van der Waals surface area contributed by atoms with Crippen LogP contribution in [0.25, 0.3) is 27.8 Å². The van der Waals surface area contributed by atoms with E-state index in [1.54, 1.807) is 0 Å². The molecule has 31 heavy (non-hydrogen) atoms. The molecular weight excluding hydrogens is 378 g/mol. The van der Waals surface area contributed by atoms with Crippen molar-refractivity contribution in [1.29, 1.82) is 0 Å². The summed E-state index contributed by atoms with van der Waals surface area (Å²) < 4.78 is 2.37. The third-order valence-corrected chi connectivity index (χ3v) is 6.44. The number of hydrogen-bond donors (Lipinski definition) is 0. The number of benzene rings is 3. The van der Waals surface area contributed by atoms with Gasteiger partial charge in [-0.1, -0.05) is 66.7 Å². The highest BCUT2D eigenvalue weighted by Gasteiger charge is 2.24. The summed E-state index contributed by atoms with van der Waals surface area (Å²) in [7, 11) is 0. The molecule has 1 saturated heterocycles. The second-order valence-electron chi connectivity index (χ2n) is 8.57. The van der Waals surface area contributed by atoms with E-state index in [-0.39, 0.29) is 0 Å². The molecule has 1 aliphatic rings. The lowest BCUT2D eigenvalue weighted by atomic mass is 10.00. The minimum Gasteiger partial charge on any atom is -0.309 e. The summed E-state index contributed by atoms with van der Waals surface area (Å²) in [6.45, 7) is 4.58. The molecule has 0 bridgehead atoms. The molecule has 0 radical (unpaired) electrons. The van der Waals surface area contributed by atoms with E-state index < -0.39 is 0 Å². The molecule has 0 saturated carbocycles. The van der Waals surface area contributed by atoms with E-state index in [4.69, 9.17) is 5.10 Å². The summed E-state index contributed by atoms with van der Waals surface area (Å²) >= 11 is 0. The van der Waals surface area contributed by atoms with Crippen molar-refractivity contribution in [1.82, 2.24) is 9.58 Å². The van der Waals surface area contributed by atoms with Crippen molar-refractivity contribution in [3.63, 3.8) is 0 Å². The van der Waals surface area contributed by atoms with Crippen molar-refractivity contribution in [2.75, 3.05) is 0 Å². The molecule has 4 aromatic rings. The fourth-order valence-corrected chi connectivity index (χ4v) is 4.88. The topological polar surface area (TPSA) is 20.5 Å². The largest absolute Gasteiger partial charge is 0.309 e. The molecular formula is C28H29N3. The maximum atomic E-state index is 5.05. The SMILES string of the molecule is C[C@@H]1CCC[C@H](C)N1/N=C\c1c(-c2ccccc2)n(-c2ccccc2)c2ccccc12. The Balaban J connectivity index is 1.75. The molecule has 5 rings (SSSR count). The van der Waals surface area contributed by atoms with Gasteiger partial charge in [-0.25, -0.2) is 0 Å². The van der Waals surface area contributed by atoms with Crippen molar-refractivity contribution < 1.29 is 0 Å². The first-order chi connectivity index (χ1) is 15.2. The molecule has 1 aliphatic heterocycles. The van der Waals surface area contributed by atoms with Crippen LogP contribution in [0, 0.1) is 0 Å². The normalized spacial score (nSPS) is 19.4. The Hall–Kier alpha value is -3.33. The Bertz CT molecular complexity index is 1180. The van der Waals surface area contributed by atoms with Crippen LogP contribution in [0.3, 0.4) is 0 Å². The van der Waals surface area contributed by atoms with Crippen molar-refractivity contribution in [2.45, 2.75) is 45.2 Å². The summed E-state index contributed by atoms with van der Waals surface area (Å²) in [4.78, 5) is 0. The van der Waals surface area contributed by atoms with Gasteiger partial charge in [0.15, 0.2) is 0 Å². The Labute approximate surface area is 184 Å². The van der Waals surface area contributed by atoms with Gasteiger partial charge in [-0.05, 0) is 56.9 Å². The van der Waals surface area contributed by atoms with E-state index >= 15 is 0 Å². The molecule has 156 valence electrons. The Kier molecular flexibility index (Phi) is 5.33. The van der Waals surface area contributed by atoms with Gasteiger partial charge in [0, 0.05) is 28.7 Å². The molecule has 0 spiro atoms. The van der Waals surface area contributed by atoms with Crippen LogP contribution < -0.4 is 0 Å². The molecule has 2 atom stereocenters. The number of nitrogens with zero attached hydrogens (tertiary/aromatic N) is 3. The van der Waals surface area contributed by atoms with E-state index in [0.29, 0.717) is 12.1 Å². The Morgan fingerprint density at radius 2 is 1.39 bits per heavy atom. The summed E-state index contributed by atoms with van der Waals surface area (Å²) in [6, 6.07) is 30.9. The summed E-state index contributed by atoms with van der Waals surface area (Å²) in [6.07, 6.45) is 5.80. The zero-order valence-corrected chi connectivity index (χ0v) is 18.3. The van der Waals surface area contributed by atoms with E-state index in [2.05, 4.69) is 115 Å². The van der Waals surface area contributed by atoms with Crippen LogP contribution >= 0.6 is 0 Å². The number of fused-ring (bicyclic) bond motifs is 1. The highest BCUT2D eigenvalue weighted by molar-refractivity contribution is 6.07. The van der Waals surface area contributed by atoms with E-state index in [1.165, 1.54) is 47.0 Å². The van der Waals surface area contributed by atoms with Gasteiger partial charge in [0.1, 0.15) is 0 Å². The molecule has 1 aromatic heterocycles. The molecule has 0 amide bonds. The minimum atomic E-state index is 0.475. The average molecular weight is 408 g/mol. The quantitative estimate of drug-likeness (QED) is 0.337. The third kappa shape index (κ3) is 3.65. The second kappa shape index (κ2) is 8.43. The third-order valence-electron chi connectivity index (χ3n) is 6.44. The molecule has 3 aromatic carbocycles. The molecule has 0 unspecified atom stereocenters. The predicted molar refractivity (Wildman–Crippen MR) is 131 cm³/mol. The summed E-state index contributed by atoms with van der Waals surface area (Å²) in [5.74, 6) is 0. The minimum absolute atomic E-state index is 0.475. The maximum Gasteiger partial charge on any atom is 0.0629 e. The first-order valence-corrected chi connectivity index (χ1v) is 11.3. The first kappa shape index (κ1) is 19.6. The fourth-order valence-electron chi connectivity index (χ4n) is 4.88. The highest BCUT2D eigenvalue weighted by atomic mass is 15.5. The summed E-state index contributed by atoms with van der Waals surface area (Å²) in [5, 5.41) is 8.58. The van der Waals surface area contributed by atoms with Crippen LogP contribution in [0.1, 0.15) is 38.7 Å². The molecule has 0 aliphatic carbocycles. The standard InChI is InChI=1S/C28H29N3/c1-21-12-11-13-22(2)31(21)29-20-26-25-18-9-10-19-27(25)30(24-16-7-4-8-17-24)28(26)23-14-5-3-6-15-23/h3-10,14-22H,11-13H2,1-2H3/b29-20-/t21-,22+. The molecule has 0 N–H and O–H groups in total. The van der Waals surface area contributed by atoms with Crippen LogP contribution in [-0.2, 0) is 0 Å². The first-order valence-electron chi connectivity index (χ1n) is 11.3. The van der Waals surface area contributed by atoms with Crippen LogP contribution in [0.5, 0.6) is 0 Å². The van der Waals surface area contributed by atoms with Gasteiger partial charge in [0.25, 0.3) is 0 Å². The Morgan fingerprint density at radius 3 is 2.10 bits per heavy atom. The number of para-hydroxylation sites is 2. The lowest BCUT2D eigenvalue weighted by molar-refractivity contribution is 0.109. The fraction of sp³-hybridized carbons (Fsp3) is 0.250. The van der Waals surface area contributed by atoms with Crippen LogP contribution in [0.2, 0.25) is 0 Å². The Morgan fingerprint density at radius 1 is 0.774 bits per heavy atom. The van der Waals surface area contributed by atoms with Gasteiger partial charge in [0.05, 0.1) is 17.4 Å². The van der Waals surface area contributed by atoms with E-state index in [0.717, 1.165) is 5.69 Å². The number of hydrazone groups is 1. The molecule has 3 heteroatoms. The number of piperidine rings is 1. The smallest absolute Gasteiger partial charge is 0.0629 e. The van der Waals surface area contributed by atoms with Crippen LogP contribution in [-0.4, -0.2) is 27.9 Å². The van der Waals surface area contributed by atoms with Crippen molar-refractivity contribution >= 4 is 17.1 Å². The lowest BCUT2D eigenvalue weighted by Gasteiger charge is -2.36. The second-order valence-corrected chi connectivity index (χ2v) is 8.57. The number of aromatic nitrogens is 1. The van der Waals surface area contributed by atoms with Gasteiger partial charge in [-0.3, -0.25) is 5.01 Å². The molecule has 2 heterocycles. The summed E-state index contributed by atoms with van der Waals surface area (Å²) in [5.41, 5.74) is 5.93. The van der Waals surface area contributed by atoms with Gasteiger partial charge >= 0.3 is 0 Å². The lowest BCUT2D eigenvalue weighted by Crippen LogP contribution is -2.39. The van der Waals surface area contributed by atoms with E-state index in [1.807, 2.05) is 0 Å². The van der Waals surface area contributed by atoms with Gasteiger partial charge in [-0.2, -0.15) is 5.10 Å². The van der Waals surface area contributed by atoms with Crippen molar-refractivity contribution in [2.24, 2.45) is 5.10 Å². The number of rotatable bonds is 4. The maximum absolute atomic E-state index is 5.05. The average Bonchev–Trinajstić information content (AvgIpc) is 3.14. The molecule has 1 fully saturated rings. The molecule has 3 nitrogen and oxygen atoms in total. The van der Waals surface area contributed by atoms with Gasteiger partial charge < -0.3 is 4.57 Å². The van der Waals surface area contributed by atoms with Gasteiger partial charge in [0.2, 0.25) is 0 Å². The predicted octanol–water partition coefficient (Wildman–Crippen LogP) is 6.89. The van der Waals surface area contributed by atoms with Crippen molar-refractivity contribution in [3.05, 3.63) is 90.5 Å². The van der Waals surface area contributed by atoms with Crippen LogP contribution in [0.4, 0.5) is 0 Å². The van der Waals surface area contributed by atoms with Crippen molar-refractivity contribution in [3.8, 4) is 16.9 Å². The van der Waals surface area contributed by atoms with E-state index in [9.17, 15) is 0 Å².